The summed E-state index contributed by atoms with van der Waals surface area (Å²) in [6.45, 7) is 3.68. The topological polar surface area (TPSA) is 137 Å². The van der Waals surface area contributed by atoms with Crippen molar-refractivity contribution in [3.63, 3.8) is 0 Å². The van der Waals surface area contributed by atoms with Gasteiger partial charge in [-0.15, -0.1) is 17.2 Å². The first kappa shape index (κ1) is 43.1. The molecule has 58 heavy (non-hydrogen) atoms. The van der Waals surface area contributed by atoms with E-state index in [2.05, 4.69) is 38.5 Å². The Kier molecular flexibility index (Phi) is 13.3. The number of nitrogens with zero attached hydrogens (tertiary/aromatic N) is 7. The average molecular weight is 877 g/mol. The minimum Gasteiger partial charge on any atom is -0.481 e. The first-order chi connectivity index (χ1) is 27.4. The van der Waals surface area contributed by atoms with Gasteiger partial charge in [-0.3, -0.25) is 4.90 Å². The van der Waals surface area contributed by atoms with E-state index in [0.717, 1.165) is 82.4 Å². The zero-order chi connectivity index (χ0) is 40.6. The van der Waals surface area contributed by atoms with Crippen LogP contribution in [-0.4, -0.2) is 92.5 Å². The molecule has 1 radical (unpaired) electrons. The second-order valence-electron chi connectivity index (χ2n) is 14.3. The summed E-state index contributed by atoms with van der Waals surface area (Å²) < 4.78 is 37.7. The predicted octanol–water partition coefficient (Wildman–Crippen LogP) is 5.79. The van der Waals surface area contributed by atoms with Crippen molar-refractivity contribution in [2.24, 2.45) is 14.1 Å². The van der Waals surface area contributed by atoms with E-state index in [1.54, 1.807) is 20.3 Å². The number of aromatic nitrogens is 5. The van der Waals surface area contributed by atoms with Gasteiger partial charge in [-0.1, -0.05) is 40.4 Å². The van der Waals surface area contributed by atoms with Gasteiger partial charge in [0, 0.05) is 69.6 Å². The standard InChI is InChI=1S/C31H33Cl2N4O3.C9H7F2N4O2.Mn/c1-39-17-16-36-14-12-31(35-30(36)38)13-15-37(19-31)26-11-10-20-18-25(34-29(40-2)27(20)26)23-8-5-7-22(28(23)33)21-6-3-4-9-24(21)32;1-14-7-4(8(16)15(2)9(14)17)3-12-6(13-7)5(10)11;/h3-8,18,26H,10-17,19H2,1-2H3,(H,35,38);5H,1-2H3;/q2*-1;+2. The number of aryl methyl sites for hydroxylation is 2. The zero-order valence-corrected chi connectivity index (χ0v) is 34.8. The summed E-state index contributed by atoms with van der Waals surface area (Å²) in [5.41, 5.74) is 4.05. The van der Waals surface area contributed by atoms with E-state index in [1.165, 1.54) is 19.7 Å². The molecule has 1 N–H and O–H groups in total. The summed E-state index contributed by atoms with van der Waals surface area (Å²) in [6.07, 6.45) is 3.11. The Morgan fingerprint density at radius 2 is 1.76 bits per heavy atom. The Labute approximate surface area is 353 Å². The van der Waals surface area contributed by atoms with Crippen LogP contribution in [0, 0.1) is 12.3 Å². The van der Waals surface area contributed by atoms with Crippen molar-refractivity contribution < 1.29 is 40.1 Å². The molecule has 5 heterocycles. The third-order valence-electron chi connectivity index (χ3n) is 10.9. The van der Waals surface area contributed by atoms with Gasteiger partial charge in [-0.05, 0) is 48.9 Å². The molecule has 5 aromatic rings. The van der Waals surface area contributed by atoms with E-state index < -0.39 is 23.5 Å². The van der Waals surface area contributed by atoms with Crippen LogP contribution in [0.5, 0.6) is 5.88 Å². The molecular weight excluding hydrogens is 836 g/mol. The number of benzene rings is 2. The monoisotopic (exact) mass is 875 g/mol. The molecule has 2 aromatic carbocycles. The van der Waals surface area contributed by atoms with Crippen LogP contribution in [0.4, 0.5) is 13.6 Å². The summed E-state index contributed by atoms with van der Waals surface area (Å²) in [5.74, 6) is -0.123. The van der Waals surface area contributed by atoms with Crippen LogP contribution in [0.3, 0.4) is 0 Å². The van der Waals surface area contributed by atoms with Gasteiger partial charge in [0.25, 0.3) is 6.43 Å². The van der Waals surface area contributed by atoms with Crippen LogP contribution in [-0.2, 0) is 42.3 Å². The molecule has 8 rings (SSSR count). The summed E-state index contributed by atoms with van der Waals surface area (Å²) in [6, 6.07) is 17.0. The SMILES string of the molecule is COCCN1CCC2(CCN(C3CCc4cc(-c5cccc(-c6ccc[c-]c6Cl)c5Cl)nc(OC)c43)C2)NC1=O.Cn1c(=O)c2[c-]nc(C(F)F)nc2n(C)c1=O.[Mn+2]. The van der Waals surface area contributed by atoms with Crippen LogP contribution >= 0.6 is 23.2 Å². The second-order valence-corrected chi connectivity index (χ2v) is 15.0. The molecule has 2 amide bonds. The zero-order valence-electron chi connectivity index (χ0n) is 32.1. The molecule has 2 fully saturated rings. The Morgan fingerprint density at radius 3 is 2.47 bits per heavy atom. The number of amides is 2. The predicted molar refractivity (Wildman–Crippen MR) is 211 cm³/mol. The molecule has 2 unspecified atom stereocenters. The van der Waals surface area contributed by atoms with Crippen molar-refractivity contribution in [1.82, 2.24) is 39.2 Å². The number of hydrogen-bond acceptors (Lipinski definition) is 9. The summed E-state index contributed by atoms with van der Waals surface area (Å²) in [5, 5.41) is 4.37. The molecule has 2 aliphatic heterocycles. The van der Waals surface area contributed by atoms with Crippen LogP contribution in [0.1, 0.15) is 48.7 Å². The van der Waals surface area contributed by atoms with E-state index >= 15 is 0 Å². The van der Waals surface area contributed by atoms with E-state index in [0.29, 0.717) is 29.1 Å². The number of carbonyl (C=O) groups is 1. The molecule has 0 bridgehead atoms. The van der Waals surface area contributed by atoms with Gasteiger partial charge in [0.1, 0.15) is 5.82 Å². The molecule has 0 saturated carbocycles. The van der Waals surface area contributed by atoms with E-state index in [4.69, 9.17) is 37.7 Å². The molecule has 3 aliphatic rings. The molecule has 13 nitrogen and oxygen atoms in total. The first-order valence-electron chi connectivity index (χ1n) is 18.3. The molecule has 2 saturated heterocycles. The molecule has 2 atom stereocenters. The van der Waals surface area contributed by atoms with Gasteiger partial charge in [0.05, 0.1) is 30.6 Å². The van der Waals surface area contributed by atoms with E-state index in [9.17, 15) is 23.2 Å². The number of alkyl halides is 2. The molecule has 305 valence electrons. The minimum atomic E-state index is -2.88. The van der Waals surface area contributed by atoms with Crippen LogP contribution < -0.4 is 21.3 Å². The Balaban J connectivity index is 0.000000265. The number of fused-ring (bicyclic) bond motifs is 2. The number of halogens is 4. The maximum absolute atomic E-state index is 12.8. The van der Waals surface area contributed by atoms with Crippen molar-refractivity contribution in [3.05, 3.63) is 103 Å². The second kappa shape index (κ2) is 17.8. The fourth-order valence-electron chi connectivity index (χ4n) is 7.92. The van der Waals surface area contributed by atoms with Crippen LogP contribution in [0.25, 0.3) is 33.4 Å². The number of likely N-dealkylation sites (tertiary alicyclic amines) is 1. The normalized spacial score (nSPS) is 18.9. The number of nitrogens with one attached hydrogen (secondary N) is 1. The van der Waals surface area contributed by atoms with E-state index in [1.807, 2.05) is 35.2 Å². The number of rotatable bonds is 8. The number of ether oxygens (including phenoxy) is 2. The molecule has 3 aromatic heterocycles. The minimum absolute atomic E-state index is 0. The fourth-order valence-corrected chi connectivity index (χ4v) is 8.47. The number of pyridine rings is 1. The van der Waals surface area contributed by atoms with Gasteiger partial charge >= 0.3 is 28.8 Å². The van der Waals surface area contributed by atoms with Gasteiger partial charge in [-0.2, -0.15) is 24.3 Å². The van der Waals surface area contributed by atoms with E-state index in [-0.39, 0.29) is 45.7 Å². The largest absolute Gasteiger partial charge is 2.00 e. The van der Waals surface area contributed by atoms with Crippen molar-refractivity contribution in [2.75, 3.05) is 47.0 Å². The average Bonchev–Trinajstić information content (AvgIpc) is 3.83. The summed E-state index contributed by atoms with van der Waals surface area (Å²) >= 11 is 13.4. The molecule has 1 spiro atoms. The summed E-state index contributed by atoms with van der Waals surface area (Å²) in [4.78, 5) is 52.1. The maximum atomic E-state index is 12.8. The number of hydrogen-bond donors (Lipinski definition) is 1. The number of carbonyl (C=O) groups excluding carboxylic acids is 1. The van der Waals surface area contributed by atoms with Gasteiger partial charge in [0.15, 0.2) is 5.56 Å². The smallest absolute Gasteiger partial charge is 0.481 e. The Hall–Kier alpha value is -4.44. The van der Waals surface area contributed by atoms with Gasteiger partial charge in [-0.25, -0.2) is 23.4 Å². The third kappa shape index (κ3) is 8.23. The summed E-state index contributed by atoms with van der Waals surface area (Å²) in [7, 11) is 5.95. The third-order valence-corrected chi connectivity index (χ3v) is 11.7. The quantitative estimate of drug-likeness (QED) is 0.152. The van der Waals surface area contributed by atoms with Gasteiger partial charge < -0.3 is 43.6 Å². The van der Waals surface area contributed by atoms with Crippen molar-refractivity contribution >= 4 is 40.3 Å². The first-order valence-corrected chi connectivity index (χ1v) is 19.1. The van der Waals surface area contributed by atoms with Crippen molar-refractivity contribution in [1.29, 1.82) is 0 Å². The fraction of sp³-hybridized carbons (Fsp3) is 0.400. The Morgan fingerprint density at radius 1 is 1.02 bits per heavy atom. The Bertz CT molecular complexity index is 2470. The molecular formula is C40H40Cl2F2MnN8O5. The number of methoxy groups -OCH3 is 2. The number of urea groups is 1. The molecule has 18 heteroatoms. The maximum Gasteiger partial charge on any atom is 2.00 e. The van der Waals surface area contributed by atoms with Crippen molar-refractivity contribution in [3.8, 4) is 28.3 Å². The molecule has 1 aliphatic carbocycles. The van der Waals surface area contributed by atoms with Gasteiger partial charge in [0.2, 0.25) is 5.88 Å². The van der Waals surface area contributed by atoms with Crippen molar-refractivity contribution in [2.45, 2.75) is 43.7 Å². The van der Waals surface area contributed by atoms with Crippen LogP contribution in [0.15, 0.2) is 52.1 Å². The van der Waals surface area contributed by atoms with Crippen LogP contribution in [0.2, 0.25) is 10.0 Å².